The molecule has 1 aliphatic rings. The van der Waals surface area contributed by atoms with E-state index in [1.165, 1.54) is 21.3 Å². The average molecular weight is 426 g/mol. The minimum Gasteiger partial charge on any atom is -0.493 e. The molecule has 1 aromatic heterocycles. The van der Waals surface area contributed by atoms with Gasteiger partial charge in [0.1, 0.15) is 5.52 Å². The van der Waals surface area contributed by atoms with Crippen LogP contribution in [0.15, 0.2) is 40.8 Å². The van der Waals surface area contributed by atoms with Crippen molar-refractivity contribution in [3.8, 4) is 17.2 Å². The molecule has 0 saturated carbocycles. The molecule has 2 amide bonds. The summed E-state index contributed by atoms with van der Waals surface area (Å²) in [4.78, 5) is 19.2. The fourth-order valence-electron chi connectivity index (χ4n) is 3.82. The number of anilines is 2. The van der Waals surface area contributed by atoms with Crippen molar-refractivity contribution in [2.24, 2.45) is 0 Å². The van der Waals surface area contributed by atoms with Gasteiger partial charge in [-0.25, -0.2) is 4.79 Å². The van der Waals surface area contributed by atoms with Crippen LogP contribution in [-0.4, -0.2) is 51.5 Å². The zero-order valence-corrected chi connectivity index (χ0v) is 17.8. The Labute approximate surface area is 180 Å². The molecule has 0 aliphatic carbocycles. The van der Waals surface area contributed by atoms with Gasteiger partial charge in [-0.05, 0) is 25.0 Å². The van der Waals surface area contributed by atoms with Crippen molar-refractivity contribution in [1.82, 2.24) is 10.3 Å². The number of aromatic nitrogens is 1. The van der Waals surface area contributed by atoms with Gasteiger partial charge in [0.05, 0.1) is 33.1 Å². The Hall–Kier alpha value is -3.62. The highest BCUT2D eigenvalue weighted by molar-refractivity contribution is 5.90. The molecule has 1 aliphatic heterocycles. The van der Waals surface area contributed by atoms with E-state index in [-0.39, 0.29) is 12.1 Å². The quantitative estimate of drug-likeness (QED) is 0.595. The molecule has 1 unspecified atom stereocenters. The zero-order chi connectivity index (χ0) is 21.8. The molecular formula is C22H26N4O5. The van der Waals surface area contributed by atoms with Crippen molar-refractivity contribution in [2.45, 2.75) is 18.9 Å². The Kier molecular flexibility index (Phi) is 6.01. The molecule has 1 saturated heterocycles. The van der Waals surface area contributed by atoms with Crippen molar-refractivity contribution >= 4 is 28.8 Å². The lowest BCUT2D eigenvalue weighted by Gasteiger charge is -2.23. The van der Waals surface area contributed by atoms with Crippen LogP contribution in [0.2, 0.25) is 0 Å². The molecule has 164 valence electrons. The van der Waals surface area contributed by atoms with Gasteiger partial charge in [0.25, 0.3) is 6.01 Å². The highest BCUT2D eigenvalue weighted by Gasteiger charge is 2.28. The fourth-order valence-corrected chi connectivity index (χ4v) is 3.82. The summed E-state index contributed by atoms with van der Waals surface area (Å²) < 4.78 is 21.9. The second-order valence-corrected chi connectivity index (χ2v) is 7.20. The number of fused-ring (bicyclic) bond motifs is 1. The second kappa shape index (κ2) is 9.03. The van der Waals surface area contributed by atoms with E-state index in [1.807, 2.05) is 24.3 Å². The minimum atomic E-state index is -0.321. The van der Waals surface area contributed by atoms with E-state index in [9.17, 15) is 4.79 Å². The summed E-state index contributed by atoms with van der Waals surface area (Å²) in [5, 5.41) is 5.76. The van der Waals surface area contributed by atoms with E-state index >= 15 is 0 Å². The molecular weight excluding hydrogens is 400 g/mol. The van der Waals surface area contributed by atoms with Gasteiger partial charge in [0, 0.05) is 25.2 Å². The van der Waals surface area contributed by atoms with E-state index < -0.39 is 0 Å². The van der Waals surface area contributed by atoms with Crippen LogP contribution in [0.25, 0.3) is 11.1 Å². The van der Waals surface area contributed by atoms with Crippen molar-refractivity contribution in [1.29, 1.82) is 0 Å². The molecule has 31 heavy (non-hydrogen) atoms. The number of amides is 2. The summed E-state index contributed by atoms with van der Waals surface area (Å²) in [5.74, 6) is 1.40. The van der Waals surface area contributed by atoms with Crippen LogP contribution in [0.3, 0.4) is 0 Å². The number of rotatable bonds is 7. The Bertz CT molecular complexity index is 1010. The molecule has 2 heterocycles. The Balaban J connectivity index is 1.40. The predicted octanol–water partition coefficient (Wildman–Crippen LogP) is 3.64. The highest BCUT2D eigenvalue weighted by atomic mass is 16.5. The first-order chi connectivity index (χ1) is 15.1. The molecule has 1 atom stereocenters. The summed E-state index contributed by atoms with van der Waals surface area (Å²) in [6.07, 6.45) is 1.96. The van der Waals surface area contributed by atoms with Gasteiger partial charge >= 0.3 is 6.03 Å². The van der Waals surface area contributed by atoms with Crippen molar-refractivity contribution in [3.63, 3.8) is 0 Å². The average Bonchev–Trinajstić information content (AvgIpc) is 3.43. The molecule has 0 spiro atoms. The lowest BCUT2D eigenvalue weighted by atomic mass is 10.2. The Morgan fingerprint density at radius 2 is 1.90 bits per heavy atom. The first-order valence-electron chi connectivity index (χ1n) is 10.1. The molecule has 9 nitrogen and oxygen atoms in total. The normalized spacial score (nSPS) is 15.7. The number of carbonyl (C=O) groups excluding carboxylic acids is 1. The summed E-state index contributed by atoms with van der Waals surface area (Å²) in [5.41, 5.74) is 2.13. The number of methoxy groups -OCH3 is 3. The molecule has 4 rings (SSSR count). The molecule has 2 aromatic carbocycles. The van der Waals surface area contributed by atoms with E-state index in [1.54, 1.807) is 12.1 Å². The van der Waals surface area contributed by atoms with E-state index in [0.29, 0.717) is 35.5 Å². The minimum absolute atomic E-state index is 0.110. The molecule has 0 radical (unpaired) electrons. The predicted molar refractivity (Wildman–Crippen MR) is 117 cm³/mol. The SMILES string of the molecule is COc1cc(NC(=O)NCC2CCCN2c2nc3ccccc3o2)cc(OC)c1OC. The number of para-hydroxylation sites is 2. The number of hydrogen-bond acceptors (Lipinski definition) is 7. The number of urea groups is 1. The number of benzene rings is 2. The summed E-state index contributed by atoms with van der Waals surface area (Å²) in [7, 11) is 4.59. The van der Waals surface area contributed by atoms with Crippen LogP contribution in [0.5, 0.6) is 17.2 Å². The van der Waals surface area contributed by atoms with Gasteiger partial charge < -0.3 is 34.2 Å². The largest absolute Gasteiger partial charge is 0.493 e. The standard InChI is InChI=1S/C22H26N4O5/c1-28-18-11-14(12-19(29-2)20(18)30-3)24-21(27)23-13-15-7-6-10-26(15)22-25-16-8-4-5-9-17(16)31-22/h4-5,8-9,11-12,15H,6-7,10,13H2,1-3H3,(H2,23,24,27). The number of oxazole rings is 1. The summed E-state index contributed by atoms with van der Waals surface area (Å²) in [6, 6.07) is 11.4. The second-order valence-electron chi connectivity index (χ2n) is 7.20. The maximum absolute atomic E-state index is 12.5. The van der Waals surface area contributed by atoms with Crippen LogP contribution in [0.4, 0.5) is 16.5 Å². The number of nitrogens with zero attached hydrogens (tertiary/aromatic N) is 2. The maximum atomic E-state index is 12.5. The monoisotopic (exact) mass is 426 g/mol. The highest BCUT2D eigenvalue weighted by Crippen LogP contribution is 2.39. The first kappa shape index (κ1) is 20.6. The van der Waals surface area contributed by atoms with Crippen molar-refractivity contribution in [2.75, 3.05) is 44.6 Å². The molecule has 1 fully saturated rings. The molecule has 0 bridgehead atoms. The third-order valence-electron chi connectivity index (χ3n) is 5.33. The molecule has 2 N–H and O–H groups in total. The van der Waals surface area contributed by atoms with Gasteiger partial charge in [-0.2, -0.15) is 4.98 Å². The van der Waals surface area contributed by atoms with Crippen LogP contribution in [0, 0.1) is 0 Å². The molecule has 3 aromatic rings. The van der Waals surface area contributed by atoms with E-state index in [0.717, 1.165) is 30.5 Å². The first-order valence-corrected chi connectivity index (χ1v) is 10.1. The van der Waals surface area contributed by atoms with Crippen LogP contribution >= 0.6 is 0 Å². The lowest BCUT2D eigenvalue weighted by Crippen LogP contribution is -2.41. The zero-order valence-electron chi connectivity index (χ0n) is 17.8. The third-order valence-corrected chi connectivity index (χ3v) is 5.33. The number of carbonyl (C=O) groups is 1. The van der Waals surface area contributed by atoms with Gasteiger partial charge in [0.15, 0.2) is 17.1 Å². The summed E-state index contributed by atoms with van der Waals surface area (Å²) in [6.45, 7) is 1.31. The van der Waals surface area contributed by atoms with Gasteiger partial charge in [-0.3, -0.25) is 0 Å². The van der Waals surface area contributed by atoms with Gasteiger partial charge in [0.2, 0.25) is 5.75 Å². The fraction of sp³-hybridized carbons (Fsp3) is 0.364. The summed E-state index contributed by atoms with van der Waals surface area (Å²) >= 11 is 0. The van der Waals surface area contributed by atoms with Crippen LogP contribution in [0.1, 0.15) is 12.8 Å². The third kappa shape index (κ3) is 4.30. The van der Waals surface area contributed by atoms with Crippen molar-refractivity contribution in [3.05, 3.63) is 36.4 Å². The smallest absolute Gasteiger partial charge is 0.319 e. The lowest BCUT2D eigenvalue weighted by molar-refractivity contribution is 0.251. The van der Waals surface area contributed by atoms with Crippen LogP contribution < -0.4 is 29.7 Å². The molecule has 9 heteroatoms. The topological polar surface area (TPSA) is 98.1 Å². The van der Waals surface area contributed by atoms with Crippen molar-refractivity contribution < 1.29 is 23.4 Å². The van der Waals surface area contributed by atoms with Gasteiger partial charge in [-0.1, -0.05) is 12.1 Å². The van der Waals surface area contributed by atoms with E-state index in [2.05, 4.69) is 20.5 Å². The Morgan fingerprint density at radius 1 is 1.16 bits per heavy atom. The van der Waals surface area contributed by atoms with Gasteiger partial charge in [-0.15, -0.1) is 0 Å². The Morgan fingerprint density at radius 3 is 2.58 bits per heavy atom. The van der Waals surface area contributed by atoms with Crippen LogP contribution in [-0.2, 0) is 0 Å². The number of nitrogens with one attached hydrogen (secondary N) is 2. The maximum Gasteiger partial charge on any atom is 0.319 e. The number of ether oxygens (including phenoxy) is 3. The van der Waals surface area contributed by atoms with E-state index in [4.69, 9.17) is 18.6 Å². The number of hydrogen-bond donors (Lipinski definition) is 2.